The molecule has 0 fully saturated rings. The molecule has 5 heteroatoms. The van der Waals surface area contributed by atoms with Crippen molar-refractivity contribution < 1.29 is 19.1 Å². The Labute approximate surface area is 96.7 Å². The lowest BCUT2D eigenvalue weighted by atomic mass is 10.2. The van der Waals surface area contributed by atoms with Gasteiger partial charge in [-0.25, -0.2) is 0 Å². The van der Waals surface area contributed by atoms with Crippen LogP contribution in [0, 0.1) is 0 Å². The van der Waals surface area contributed by atoms with E-state index >= 15 is 0 Å². The van der Waals surface area contributed by atoms with Gasteiger partial charge in [0.25, 0.3) is 0 Å². The van der Waals surface area contributed by atoms with Gasteiger partial charge in [0.15, 0.2) is 0 Å². The molecular weight excluding hydrogens is 210 g/mol. The molecule has 0 radical (unpaired) electrons. The maximum Gasteiger partial charge on any atom is 0.320 e. The van der Waals surface area contributed by atoms with E-state index in [4.69, 9.17) is 9.47 Å². The van der Waals surface area contributed by atoms with Crippen LogP contribution in [0.4, 0.5) is 0 Å². The number of ether oxygens (including phenoxy) is 2. The molecule has 0 heterocycles. The van der Waals surface area contributed by atoms with Crippen LogP contribution in [-0.4, -0.2) is 49.2 Å². The molecule has 0 aliphatic rings. The van der Waals surface area contributed by atoms with E-state index in [2.05, 4.69) is 0 Å². The van der Waals surface area contributed by atoms with Gasteiger partial charge in [-0.3, -0.25) is 14.5 Å². The fraction of sp³-hybridized carbons (Fsp3) is 0.818. The minimum Gasteiger partial charge on any atom is -0.465 e. The van der Waals surface area contributed by atoms with Gasteiger partial charge in [-0.2, -0.15) is 0 Å². The van der Waals surface area contributed by atoms with Crippen LogP contribution in [0.2, 0.25) is 0 Å². The molecule has 0 amide bonds. The second-order valence-electron chi connectivity index (χ2n) is 4.66. The summed E-state index contributed by atoms with van der Waals surface area (Å²) in [6.07, 6.45) is 0. The number of esters is 2. The van der Waals surface area contributed by atoms with E-state index in [-0.39, 0.29) is 25.1 Å². The second kappa shape index (κ2) is 6.48. The molecule has 0 unspecified atom stereocenters. The highest BCUT2D eigenvalue weighted by Crippen LogP contribution is 2.06. The maximum absolute atomic E-state index is 11.4. The number of hydrogen-bond donors (Lipinski definition) is 0. The third-order valence-electron chi connectivity index (χ3n) is 1.60. The standard InChI is InChI=1S/C11H21NO4/c1-9(13)15-7-6-12(5)8-10(14)16-11(2,3)4/h6-8H2,1-5H3. The van der Waals surface area contributed by atoms with Crippen LogP contribution < -0.4 is 0 Å². The molecule has 0 saturated heterocycles. The van der Waals surface area contributed by atoms with Crippen LogP contribution in [0.25, 0.3) is 0 Å². The molecule has 0 atom stereocenters. The molecule has 0 aromatic rings. The predicted octanol–water partition coefficient (Wildman–Crippen LogP) is 0.823. The lowest BCUT2D eigenvalue weighted by Gasteiger charge is -2.22. The minimum absolute atomic E-state index is 0.193. The van der Waals surface area contributed by atoms with Gasteiger partial charge in [0, 0.05) is 13.5 Å². The van der Waals surface area contributed by atoms with Crippen LogP contribution in [0.15, 0.2) is 0 Å². The quantitative estimate of drug-likeness (QED) is 0.656. The summed E-state index contributed by atoms with van der Waals surface area (Å²) >= 11 is 0. The summed E-state index contributed by atoms with van der Waals surface area (Å²) in [5.74, 6) is -0.594. The number of carbonyl (C=O) groups excluding carboxylic acids is 2. The molecular formula is C11H21NO4. The van der Waals surface area contributed by atoms with Crippen molar-refractivity contribution in [2.45, 2.75) is 33.3 Å². The summed E-state index contributed by atoms with van der Waals surface area (Å²) < 4.78 is 9.91. The Hall–Kier alpha value is -1.10. The Kier molecular flexibility index (Phi) is 6.03. The summed E-state index contributed by atoms with van der Waals surface area (Å²) in [6.45, 7) is 7.82. The van der Waals surface area contributed by atoms with Crippen LogP contribution >= 0.6 is 0 Å². The van der Waals surface area contributed by atoms with E-state index in [1.54, 1.807) is 11.9 Å². The first-order valence-corrected chi connectivity index (χ1v) is 5.24. The molecule has 0 N–H and O–H groups in total. The highest BCUT2D eigenvalue weighted by molar-refractivity contribution is 5.72. The molecule has 94 valence electrons. The Morgan fingerprint density at radius 1 is 1.25 bits per heavy atom. The lowest BCUT2D eigenvalue weighted by molar-refractivity contribution is -0.155. The van der Waals surface area contributed by atoms with E-state index in [1.165, 1.54) is 6.92 Å². The zero-order valence-corrected chi connectivity index (χ0v) is 10.7. The largest absolute Gasteiger partial charge is 0.465 e. The summed E-state index contributed by atoms with van der Waals surface area (Å²) in [5.41, 5.74) is -0.464. The molecule has 0 spiro atoms. The first-order valence-electron chi connectivity index (χ1n) is 5.24. The molecule has 0 aliphatic heterocycles. The van der Waals surface area contributed by atoms with Crippen molar-refractivity contribution in [1.82, 2.24) is 4.90 Å². The lowest BCUT2D eigenvalue weighted by Crippen LogP contribution is -2.34. The monoisotopic (exact) mass is 231 g/mol. The van der Waals surface area contributed by atoms with Crippen molar-refractivity contribution in [3.05, 3.63) is 0 Å². The summed E-state index contributed by atoms with van der Waals surface area (Å²) in [6, 6.07) is 0. The Bertz CT molecular complexity index is 245. The van der Waals surface area contributed by atoms with Crippen molar-refractivity contribution in [2.75, 3.05) is 26.7 Å². The van der Waals surface area contributed by atoms with Gasteiger partial charge in [0.05, 0.1) is 6.54 Å². The number of rotatable bonds is 5. The SMILES string of the molecule is CC(=O)OCCN(C)CC(=O)OC(C)(C)C. The molecule has 0 rings (SSSR count). The molecule has 0 aliphatic carbocycles. The van der Waals surface area contributed by atoms with Crippen LogP contribution in [0.3, 0.4) is 0 Å². The van der Waals surface area contributed by atoms with Crippen molar-refractivity contribution in [3.8, 4) is 0 Å². The molecule has 0 aromatic carbocycles. The smallest absolute Gasteiger partial charge is 0.320 e. The topological polar surface area (TPSA) is 55.8 Å². The van der Waals surface area contributed by atoms with Crippen LogP contribution in [0.1, 0.15) is 27.7 Å². The molecule has 5 nitrogen and oxygen atoms in total. The molecule has 0 aromatic heterocycles. The normalized spacial score (nSPS) is 11.4. The molecule has 0 saturated carbocycles. The first kappa shape index (κ1) is 14.9. The second-order valence-corrected chi connectivity index (χ2v) is 4.66. The average Bonchev–Trinajstić information content (AvgIpc) is 1.98. The van der Waals surface area contributed by atoms with E-state index in [0.717, 1.165) is 0 Å². The Balaban J connectivity index is 3.74. The average molecular weight is 231 g/mol. The number of carbonyl (C=O) groups is 2. The third kappa shape index (κ3) is 9.45. The van der Waals surface area contributed by atoms with E-state index in [1.807, 2.05) is 20.8 Å². The van der Waals surface area contributed by atoms with E-state index < -0.39 is 5.60 Å². The van der Waals surface area contributed by atoms with Crippen LogP contribution in [0.5, 0.6) is 0 Å². The summed E-state index contributed by atoms with van der Waals surface area (Å²) in [5, 5.41) is 0. The Morgan fingerprint density at radius 3 is 2.25 bits per heavy atom. The third-order valence-corrected chi connectivity index (χ3v) is 1.60. The van der Waals surface area contributed by atoms with Gasteiger partial charge in [-0.1, -0.05) is 0 Å². The first-order chi connectivity index (χ1) is 7.20. The van der Waals surface area contributed by atoms with Gasteiger partial charge in [-0.05, 0) is 27.8 Å². The van der Waals surface area contributed by atoms with Crippen molar-refractivity contribution >= 4 is 11.9 Å². The van der Waals surface area contributed by atoms with Crippen molar-refractivity contribution in [1.29, 1.82) is 0 Å². The maximum atomic E-state index is 11.4. The molecule has 0 bridgehead atoms. The van der Waals surface area contributed by atoms with Crippen molar-refractivity contribution in [2.24, 2.45) is 0 Å². The fourth-order valence-electron chi connectivity index (χ4n) is 1.02. The predicted molar refractivity (Wildman–Crippen MR) is 60.0 cm³/mol. The van der Waals surface area contributed by atoms with Gasteiger partial charge < -0.3 is 9.47 Å². The zero-order valence-electron chi connectivity index (χ0n) is 10.7. The Morgan fingerprint density at radius 2 is 1.81 bits per heavy atom. The zero-order chi connectivity index (χ0) is 12.8. The van der Waals surface area contributed by atoms with Gasteiger partial charge in [-0.15, -0.1) is 0 Å². The highest BCUT2D eigenvalue weighted by atomic mass is 16.6. The van der Waals surface area contributed by atoms with Gasteiger partial charge in [0.1, 0.15) is 12.2 Å². The number of nitrogens with zero attached hydrogens (tertiary/aromatic N) is 1. The summed E-state index contributed by atoms with van der Waals surface area (Å²) in [4.78, 5) is 23.6. The van der Waals surface area contributed by atoms with Gasteiger partial charge >= 0.3 is 11.9 Å². The summed E-state index contributed by atoms with van der Waals surface area (Å²) in [7, 11) is 1.77. The van der Waals surface area contributed by atoms with Crippen LogP contribution in [-0.2, 0) is 19.1 Å². The van der Waals surface area contributed by atoms with E-state index in [0.29, 0.717) is 6.54 Å². The number of likely N-dealkylation sites (N-methyl/N-ethyl adjacent to an activating group) is 1. The highest BCUT2D eigenvalue weighted by Gasteiger charge is 2.17. The van der Waals surface area contributed by atoms with E-state index in [9.17, 15) is 9.59 Å². The fourth-order valence-corrected chi connectivity index (χ4v) is 1.02. The van der Waals surface area contributed by atoms with Gasteiger partial charge in [0.2, 0.25) is 0 Å². The minimum atomic E-state index is -0.464. The number of hydrogen-bond acceptors (Lipinski definition) is 5. The van der Waals surface area contributed by atoms with Crippen molar-refractivity contribution in [3.63, 3.8) is 0 Å². The molecule has 16 heavy (non-hydrogen) atoms.